The Morgan fingerprint density at radius 3 is 2.29 bits per heavy atom. The van der Waals surface area contributed by atoms with Crippen molar-refractivity contribution in [2.24, 2.45) is 0 Å². The molecule has 1 amide bonds. The number of aryl methyl sites for hydroxylation is 1. The van der Waals surface area contributed by atoms with Gasteiger partial charge in [0.25, 0.3) is 0 Å². The standard InChI is InChI=1S/C24H23F3N4O2S/c25-24(26,27)19-3-6-22(29-17-19)30-12-14-31(15-13-30)23(32)33-20-4-1-18(2-5-20)9-16-34-21-7-10-28-11-8-21/h1-8,10-11,17H,9,12-16H2. The van der Waals surface area contributed by atoms with Gasteiger partial charge in [-0.1, -0.05) is 12.1 Å². The van der Waals surface area contributed by atoms with Crippen LogP contribution in [0.1, 0.15) is 11.1 Å². The van der Waals surface area contributed by atoms with Crippen LogP contribution in [0.25, 0.3) is 0 Å². The molecule has 2 aromatic heterocycles. The van der Waals surface area contributed by atoms with E-state index in [0.29, 0.717) is 37.7 Å². The van der Waals surface area contributed by atoms with Gasteiger partial charge in [-0.2, -0.15) is 13.2 Å². The minimum absolute atomic E-state index is 0.395. The molecule has 1 fully saturated rings. The monoisotopic (exact) mass is 488 g/mol. The van der Waals surface area contributed by atoms with Gasteiger partial charge in [0, 0.05) is 55.4 Å². The zero-order valence-corrected chi connectivity index (χ0v) is 19.1. The molecule has 0 N–H and O–H groups in total. The van der Waals surface area contributed by atoms with E-state index in [1.807, 2.05) is 29.2 Å². The average Bonchev–Trinajstić information content (AvgIpc) is 2.85. The minimum Gasteiger partial charge on any atom is -0.410 e. The second kappa shape index (κ2) is 10.8. The third-order valence-electron chi connectivity index (χ3n) is 5.37. The van der Waals surface area contributed by atoms with Gasteiger partial charge >= 0.3 is 12.3 Å². The first-order valence-corrected chi connectivity index (χ1v) is 11.7. The number of ether oxygens (including phenoxy) is 1. The molecule has 0 saturated carbocycles. The van der Waals surface area contributed by atoms with Crippen molar-refractivity contribution >= 4 is 23.7 Å². The first-order valence-electron chi connectivity index (χ1n) is 10.8. The number of aromatic nitrogens is 2. The summed E-state index contributed by atoms with van der Waals surface area (Å²) in [4.78, 5) is 25.1. The quantitative estimate of drug-likeness (QED) is 0.447. The summed E-state index contributed by atoms with van der Waals surface area (Å²) in [5, 5.41) is 0. The van der Waals surface area contributed by atoms with Gasteiger partial charge in [-0.25, -0.2) is 9.78 Å². The van der Waals surface area contributed by atoms with Crippen LogP contribution in [0.4, 0.5) is 23.8 Å². The van der Waals surface area contributed by atoms with E-state index < -0.39 is 17.8 Å². The topological polar surface area (TPSA) is 58.6 Å². The maximum atomic E-state index is 12.7. The van der Waals surface area contributed by atoms with Crippen LogP contribution in [-0.4, -0.2) is 52.9 Å². The van der Waals surface area contributed by atoms with Crippen LogP contribution in [-0.2, 0) is 12.6 Å². The van der Waals surface area contributed by atoms with Crippen LogP contribution < -0.4 is 9.64 Å². The molecule has 10 heteroatoms. The summed E-state index contributed by atoms with van der Waals surface area (Å²) in [6.07, 6.45) is 0.415. The highest BCUT2D eigenvalue weighted by molar-refractivity contribution is 7.99. The Labute approximate surface area is 199 Å². The Bertz CT molecular complexity index is 1070. The molecule has 1 saturated heterocycles. The predicted molar refractivity (Wildman–Crippen MR) is 124 cm³/mol. The molecule has 0 atom stereocenters. The lowest BCUT2D eigenvalue weighted by Gasteiger charge is -2.34. The fourth-order valence-electron chi connectivity index (χ4n) is 3.47. The second-order valence-corrected chi connectivity index (χ2v) is 8.84. The summed E-state index contributed by atoms with van der Waals surface area (Å²) >= 11 is 1.76. The molecule has 3 heterocycles. The number of halogens is 3. The first kappa shape index (κ1) is 23.9. The molecule has 178 valence electrons. The lowest BCUT2D eigenvalue weighted by atomic mass is 10.2. The summed E-state index contributed by atoms with van der Waals surface area (Å²) in [5.41, 5.74) is 0.371. The van der Waals surface area contributed by atoms with E-state index >= 15 is 0 Å². The summed E-state index contributed by atoms with van der Waals surface area (Å²) in [5.74, 6) is 1.86. The lowest BCUT2D eigenvalue weighted by Crippen LogP contribution is -2.49. The lowest BCUT2D eigenvalue weighted by molar-refractivity contribution is -0.137. The van der Waals surface area contributed by atoms with Crippen molar-refractivity contribution in [1.29, 1.82) is 0 Å². The molecule has 0 bridgehead atoms. The normalized spacial score (nSPS) is 14.2. The number of hydrogen-bond donors (Lipinski definition) is 0. The number of nitrogens with zero attached hydrogens (tertiary/aromatic N) is 4. The molecule has 0 aliphatic carbocycles. The van der Waals surface area contributed by atoms with Gasteiger partial charge in [-0.05, 0) is 48.4 Å². The molecular formula is C24H23F3N4O2S. The highest BCUT2D eigenvalue weighted by atomic mass is 32.2. The van der Waals surface area contributed by atoms with Crippen LogP contribution in [0.2, 0.25) is 0 Å². The zero-order valence-electron chi connectivity index (χ0n) is 18.2. The highest BCUT2D eigenvalue weighted by Gasteiger charge is 2.31. The molecule has 6 nitrogen and oxygen atoms in total. The minimum atomic E-state index is -4.41. The number of anilines is 1. The number of pyridine rings is 2. The molecular weight excluding hydrogens is 465 g/mol. The molecule has 0 spiro atoms. The molecule has 1 aromatic carbocycles. The number of carbonyl (C=O) groups is 1. The zero-order chi connectivity index (χ0) is 24.0. The van der Waals surface area contributed by atoms with Crippen molar-refractivity contribution in [2.45, 2.75) is 17.5 Å². The molecule has 4 rings (SSSR count). The summed E-state index contributed by atoms with van der Waals surface area (Å²) in [6.45, 7) is 1.71. The molecule has 3 aromatic rings. The highest BCUT2D eigenvalue weighted by Crippen LogP contribution is 2.29. The van der Waals surface area contributed by atoms with Gasteiger partial charge in [-0.3, -0.25) is 4.98 Å². The van der Waals surface area contributed by atoms with Crippen molar-refractivity contribution in [1.82, 2.24) is 14.9 Å². The van der Waals surface area contributed by atoms with Crippen molar-refractivity contribution < 1.29 is 22.7 Å². The van der Waals surface area contributed by atoms with Crippen LogP contribution in [0, 0.1) is 0 Å². The van der Waals surface area contributed by atoms with Gasteiger partial charge in [0.15, 0.2) is 0 Å². The van der Waals surface area contributed by atoms with Crippen LogP contribution >= 0.6 is 11.8 Å². The van der Waals surface area contributed by atoms with Crippen LogP contribution in [0.5, 0.6) is 5.75 Å². The van der Waals surface area contributed by atoms with Gasteiger partial charge in [0.1, 0.15) is 11.6 Å². The maximum absolute atomic E-state index is 12.7. The number of hydrogen-bond acceptors (Lipinski definition) is 6. The van der Waals surface area contributed by atoms with E-state index in [-0.39, 0.29) is 0 Å². The SMILES string of the molecule is O=C(Oc1ccc(CCSc2ccncc2)cc1)N1CCN(c2ccc(C(F)(F)F)cn2)CC1. The fraction of sp³-hybridized carbons (Fsp3) is 0.292. The Morgan fingerprint density at radius 1 is 0.971 bits per heavy atom. The molecule has 0 radical (unpaired) electrons. The summed E-state index contributed by atoms with van der Waals surface area (Å²) in [7, 11) is 0. The third-order valence-corrected chi connectivity index (χ3v) is 6.39. The third kappa shape index (κ3) is 6.40. The Hall–Kier alpha value is -3.27. The van der Waals surface area contributed by atoms with E-state index in [1.165, 1.54) is 11.0 Å². The average molecular weight is 489 g/mol. The largest absolute Gasteiger partial charge is 0.417 e. The Kier molecular flexibility index (Phi) is 7.56. The maximum Gasteiger partial charge on any atom is 0.417 e. The number of amides is 1. The smallest absolute Gasteiger partial charge is 0.410 e. The Morgan fingerprint density at radius 2 is 1.68 bits per heavy atom. The second-order valence-electron chi connectivity index (χ2n) is 7.67. The predicted octanol–water partition coefficient (Wildman–Crippen LogP) is 5.15. The fourth-order valence-corrected chi connectivity index (χ4v) is 4.36. The van der Waals surface area contributed by atoms with Gasteiger partial charge < -0.3 is 14.5 Å². The number of rotatable bonds is 6. The number of alkyl halides is 3. The first-order chi connectivity index (χ1) is 16.4. The Balaban J connectivity index is 1.22. The molecule has 0 unspecified atom stereocenters. The van der Waals surface area contributed by atoms with E-state index in [4.69, 9.17) is 4.74 Å². The van der Waals surface area contributed by atoms with Gasteiger partial charge in [0.05, 0.1) is 5.56 Å². The summed E-state index contributed by atoms with van der Waals surface area (Å²) < 4.78 is 43.6. The number of piperazine rings is 1. The van der Waals surface area contributed by atoms with Crippen molar-refractivity contribution in [3.63, 3.8) is 0 Å². The number of thioether (sulfide) groups is 1. The van der Waals surface area contributed by atoms with E-state index in [1.54, 1.807) is 41.2 Å². The number of benzene rings is 1. The molecule has 1 aliphatic heterocycles. The van der Waals surface area contributed by atoms with E-state index in [0.717, 1.165) is 30.0 Å². The summed E-state index contributed by atoms with van der Waals surface area (Å²) in [6, 6.07) is 13.8. The number of carbonyl (C=O) groups excluding carboxylic acids is 1. The van der Waals surface area contributed by atoms with Gasteiger partial charge in [0.2, 0.25) is 0 Å². The van der Waals surface area contributed by atoms with E-state index in [9.17, 15) is 18.0 Å². The molecule has 1 aliphatic rings. The van der Waals surface area contributed by atoms with Crippen LogP contribution in [0.15, 0.2) is 72.0 Å². The van der Waals surface area contributed by atoms with Crippen LogP contribution in [0.3, 0.4) is 0 Å². The van der Waals surface area contributed by atoms with Crippen molar-refractivity contribution in [3.05, 3.63) is 78.2 Å². The molecule has 34 heavy (non-hydrogen) atoms. The van der Waals surface area contributed by atoms with Crippen molar-refractivity contribution in [3.8, 4) is 5.75 Å². The van der Waals surface area contributed by atoms with Gasteiger partial charge in [-0.15, -0.1) is 11.8 Å². The van der Waals surface area contributed by atoms with Crippen molar-refractivity contribution in [2.75, 3.05) is 36.8 Å². The van der Waals surface area contributed by atoms with E-state index in [2.05, 4.69) is 9.97 Å².